The Morgan fingerprint density at radius 2 is 2.14 bits per heavy atom. The highest BCUT2D eigenvalue weighted by Crippen LogP contribution is 2.42. The van der Waals surface area contributed by atoms with Gasteiger partial charge in [-0.05, 0) is 52.0 Å². The first kappa shape index (κ1) is 16.7. The summed E-state index contributed by atoms with van der Waals surface area (Å²) in [6, 6.07) is 3.62. The predicted octanol–water partition coefficient (Wildman–Crippen LogP) is 3.32. The number of anilines is 1. The number of hydrogen-bond donors (Lipinski definition) is 1. The number of nitrogens with one attached hydrogen (secondary N) is 1. The van der Waals surface area contributed by atoms with Crippen LogP contribution in [0.5, 0.6) is 5.88 Å². The van der Waals surface area contributed by atoms with Gasteiger partial charge in [-0.15, -0.1) is 0 Å². The Labute approximate surface area is 132 Å². The van der Waals surface area contributed by atoms with Crippen molar-refractivity contribution in [3.63, 3.8) is 0 Å². The Hall–Kier alpha value is -1.62. The van der Waals surface area contributed by atoms with Gasteiger partial charge in [-0.3, -0.25) is 4.79 Å². The molecule has 0 unspecified atom stereocenters. The van der Waals surface area contributed by atoms with Gasteiger partial charge in [0, 0.05) is 12.7 Å². The van der Waals surface area contributed by atoms with Crippen LogP contribution in [0.4, 0.5) is 5.69 Å². The Morgan fingerprint density at radius 1 is 1.41 bits per heavy atom. The van der Waals surface area contributed by atoms with Gasteiger partial charge in [-0.25, -0.2) is 4.98 Å². The normalized spacial score (nSPS) is 16.9. The molecule has 2 rings (SSSR count). The van der Waals surface area contributed by atoms with Gasteiger partial charge >= 0.3 is 0 Å². The van der Waals surface area contributed by atoms with Crippen LogP contribution in [-0.4, -0.2) is 29.7 Å². The van der Waals surface area contributed by atoms with Crippen LogP contribution in [0, 0.1) is 12.8 Å². The minimum atomic E-state index is -0.751. The van der Waals surface area contributed by atoms with E-state index in [2.05, 4.69) is 10.3 Å². The van der Waals surface area contributed by atoms with Crippen molar-refractivity contribution in [1.29, 1.82) is 0 Å². The second-order valence-electron chi connectivity index (χ2n) is 5.90. The van der Waals surface area contributed by atoms with Gasteiger partial charge in [0.2, 0.25) is 5.88 Å². The third kappa shape index (κ3) is 3.77. The van der Waals surface area contributed by atoms with Crippen LogP contribution in [0.2, 0.25) is 0 Å². The molecule has 0 saturated heterocycles. The lowest BCUT2D eigenvalue weighted by Gasteiger charge is -2.28. The predicted molar refractivity (Wildman–Crippen MR) is 86.1 cm³/mol. The summed E-state index contributed by atoms with van der Waals surface area (Å²) in [5.74, 6) is 0.809. The third-order valence-corrected chi connectivity index (χ3v) is 4.01. The van der Waals surface area contributed by atoms with Gasteiger partial charge in [0.1, 0.15) is 5.60 Å². The lowest BCUT2D eigenvalue weighted by Crippen LogP contribution is -2.45. The van der Waals surface area contributed by atoms with Gasteiger partial charge in [0.05, 0.1) is 18.0 Å². The van der Waals surface area contributed by atoms with E-state index in [0.29, 0.717) is 30.7 Å². The highest BCUT2D eigenvalue weighted by molar-refractivity contribution is 5.98. The third-order valence-electron chi connectivity index (χ3n) is 4.01. The molecule has 5 heteroatoms. The molecule has 0 radical (unpaired) electrons. The fourth-order valence-corrected chi connectivity index (χ4v) is 2.51. The molecular weight excluding hydrogens is 280 g/mol. The van der Waals surface area contributed by atoms with Crippen LogP contribution < -0.4 is 10.1 Å². The maximum absolute atomic E-state index is 12.6. The van der Waals surface area contributed by atoms with Crippen molar-refractivity contribution in [2.24, 2.45) is 5.92 Å². The van der Waals surface area contributed by atoms with Crippen LogP contribution >= 0.6 is 0 Å². The maximum Gasteiger partial charge on any atom is 0.256 e. The minimum absolute atomic E-state index is 0.0935. The number of rotatable bonds is 8. The Morgan fingerprint density at radius 3 is 2.68 bits per heavy atom. The minimum Gasteiger partial charge on any atom is -0.478 e. The van der Waals surface area contributed by atoms with E-state index in [1.807, 2.05) is 33.8 Å². The van der Waals surface area contributed by atoms with Crippen molar-refractivity contribution in [2.75, 3.05) is 18.5 Å². The van der Waals surface area contributed by atoms with Crippen molar-refractivity contribution >= 4 is 11.6 Å². The fraction of sp³-hybridized carbons (Fsp3) is 0.647. The van der Waals surface area contributed by atoms with Crippen molar-refractivity contribution in [3.8, 4) is 5.88 Å². The summed E-state index contributed by atoms with van der Waals surface area (Å²) in [6.45, 7) is 8.88. The smallest absolute Gasteiger partial charge is 0.256 e. The standard InChI is InChI=1S/C17H26N2O3/c1-5-11-21-15-10-9-14(12(3)18-15)19-16(20)17(4,22-6-2)13-7-8-13/h9-10,13H,5-8,11H2,1-4H3,(H,19,20)/t17-/m1/s1. The molecule has 1 atom stereocenters. The molecule has 0 aliphatic heterocycles. The summed E-state index contributed by atoms with van der Waals surface area (Å²) in [7, 11) is 0. The summed E-state index contributed by atoms with van der Waals surface area (Å²) < 4.78 is 11.2. The molecular formula is C17H26N2O3. The first-order valence-electron chi connectivity index (χ1n) is 8.07. The average Bonchev–Trinajstić information content (AvgIpc) is 3.32. The molecule has 122 valence electrons. The number of aromatic nitrogens is 1. The van der Waals surface area contributed by atoms with E-state index < -0.39 is 5.60 Å². The maximum atomic E-state index is 12.6. The highest BCUT2D eigenvalue weighted by atomic mass is 16.5. The van der Waals surface area contributed by atoms with E-state index in [9.17, 15) is 4.79 Å². The van der Waals surface area contributed by atoms with E-state index in [1.54, 1.807) is 6.07 Å². The first-order valence-corrected chi connectivity index (χ1v) is 8.07. The van der Waals surface area contributed by atoms with Crippen LogP contribution in [0.15, 0.2) is 12.1 Å². The SMILES string of the molecule is CCCOc1ccc(NC(=O)[C@](C)(OCC)C2CC2)c(C)n1. The second-order valence-corrected chi connectivity index (χ2v) is 5.90. The molecule has 1 aliphatic carbocycles. The number of carbonyl (C=O) groups excluding carboxylic acids is 1. The Bertz CT molecular complexity index is 529. The lowest BCUT2D eigenvalue weighted by molar-refractivity contribution is -0.141. The van der Waals surface area contributed by atoms with Gasteiger partial charge in [0.25, 0.3) is 5.91 Å². The Kier molecular flexibility index (Phi) is 5.40. The van der Waals surface area contributed by atoms with Gasteiger partial charge in [0.15, 0.2) is 0 Å². The fourth-order valence-electron chi connectivity index (χ4n) is 2.51. The molecule has 1 aromatic heterocycles. The molecule has 1 aromatic rings. The number of hydrogen-bond acceptors (Lipinski definition) is 4. The monoisotopic (exact) mass is 306 g/mol. The van der Waals surface area contributed by atoms with Crippen LogP contribution in [0.3, 0.4) is 0 Å². The van der Waals surface area contributed by atoms with Gasteiger partial charge in [-0.2, -0.15) is 0 Å². The highest BCUT2D eigenvalue weighted by Gasteiger charge is 2.48. The van der Waals surface area contributed by atoms with Crippen molar-refractivity contribution < 1.29 is 14.3 Å². The topological polar surface area (TPSA) is 60.5 Å². The molecule has 0 bridgehead atoms. The molecule has 1 heterocycles. The molecule has 1 fully saturated rings. The van der Waals surface area contributed by atoms with Gasteiger partial charge in [-0.1, -0.05) is 6.92 Å². The summed E-state index contributed by atoms with van der Waals surface area (Å²) in [5, 5.41) is 2.96. The first-order chi connectivity index (χ1) is 10.5. The molecule has 5 nitrogen and oxygen atoms in total. The van der Waals surface area contributed by atoms with E-state index >= 15 is 0 Å². The Balaban J connectivity index is 2.07. The van der Waals surface area contributed by atoms with E-state index in [4.69, 9.17) is 9.47 Å². The summed E-state index contributed by atoms with van der Waals surface area (Å²) in [4.78, 5) is 17.0. The van der Waals surface area contributed by atoms with Gasteiger partial charge < -0.3 is 14.8 Å². The van der Waals surface area contributed by atoms with Crippen LogP contribution in [-0.2, 0) is 9.53 Å². The van der Waals surface area contributed by atoms with Crippen molar-refractivity contribution in [3.05, 3.63) is 17.8 Å². The zero-order chi connectivity index (χ0) is 16.2. The molecule has 1 aliphatic rings. The average molecular weight is 306 g/mol. The van der Waals surface area contributed by atoms with Crippen LogP contribution in [0.1, 0.15) is 45.7 Å². The number of aryl methyl sites for hydroxylation is 1. The summed E-state index contributed by atoms with van der Waals surface area (Å²) in [5.41, 5.74) is 0.704. The second kappa shape index (κ2) is 7.09. The number of pyridine rings is 1. The van der Waals surface area contributed by atoms with Crippen molar-refractivity contribution in [2.45, 2.75) is 52.6 Å². The zero-order valence-electron chi connectivity index (χ0n) is 13.9. The van der Waals surface area contributed by atoms with E-state index in [-0.39, 0.29) is 5.91 Å². The molecule has 1 N–H and O–H groups in total. The number of carbonyl (C=O) groups is 1. The zero-order valence-corrected chi connectivity index (χ0v) is 13.9. The summed E-state index contributed by atoms with van der Waals surface area (Å²) >= 11 is 0. The van der Waals surface area contributed by atoms with Crippen LogP contribution in [0.25, 0.3) is 0 Å². The largest absolute Gasteiger partial charge is 0.478 e. The summed E-state index contributed by atoms with van der Waals surface area (Å²) in [6.07, 6.45) is 3.03. The van der Waals surface area contributed by atoms with E-state index in [0.717, 1.165) is 25.0 Å². The molecule has 1 amide bonds. The lowest BCUT2D eigenvalue weighted by atomic mass is 9.98. The quantitative estimate of drug-likeness (QED) is 0.800. The number of amides is 1. The molecule has 1 saturated carbocycles. The number of nitrogens with zero attached hydrogens (tertiary/aromatic N) is 1. The van der Waals surface area contributed by atoms with E-state index in [1.165, 1.54) is 0 Å². The molecule has 0 spiro atoms. The molecule has 22 heavy (non-hydrogen) atoms. The number of ether oxygens (including phenoxy) is 2. The molecule has 0 aromatic carbocycles. The van der Waals surface area contributed by atoms with Crippen molar-refractivity contribution in [1.82, 2.24) is 4.98 Å².